The SMILES string of the molecule is CCC1(C(=O)Nc2ccc([N+](=O)[O-])cc2O)CCCN1. The number of carbonyl (C=O) groups is 1. The molecule has 0 saturated carbocycles. The summed E-state index contributed by atoms with van der Waals surface area (Å²) < 4.78 is 0. The van der Waals surface area contributed by atoms with E-state index in [2.05, 4.69) is 10.6 Å². The van der Waals surface area contributed by atoms with Crippen molar-refractivity contribution in [3.63, 3.8) is 0 Å². The lowest BCUT2D eigenvalue weighted by Gasteiger charge is -2.26. The molecule has 1 heterocycles. The van der Waals surface area contributed by atoms with Crippen LogP contribution in [-0.2, 0) is 4.79 Å². The van der Waals surface area contributed by atoms with Crippen LogP contribution in [0.3, 0.4) is 0 Å². The number of aromatic hydroxyl groups is 1. The molecule has 7 nitrogen and oxygen atoms in total. The molecular formula is C13H17N3O4. The van der Waals surface area contributed by atoms with Gasteiger partial charge in [-0.15, -0.1) is 0 Å². The van der Waals surface area contributed by atoms with Gasteiger partial charge < -0.3 is 15.7 Å². The Hall–Kier alpha value is -2.15. The molecule has 1 aliphatic heterocycles. The fourth-order valence-corrected chi connectivity index (χ4v) is 2.44. The topological polar surface area (TPSA) is 104 Å². The van der Waals surface area contributed by atoms with Gasteiger partial charge in [0.2, 0.25) is 5.91 Å². The van der Waals surface area contributed by atoms with Crippen LogP contribution >= 0.6 is 0 Å². The van der Waals surface area contributed by atoms with Crippen LogP contribution in [0.15, 0.2) is 18.2 Å². The third-order valence-electron chi connectivity index (χ3n) is 3.72. The Morgan fingerprint density at radius 3 is 2.85 bits per heavy atom. The summed E-state index contributed by atoms with van der Waals surface area (Å²) >= 11 is 0. The van der Waals surface area contributed by atoms with E-state index in [-0.39, 0.29) is 23.0 Å². The second-order valence-corrected chi connectivity index (χ2v) is 4.88. The number of amides is 1. The predicted molar refractivity (Wildman–Crippen MR) is 73.6 cm³/mol. The van der Waals surface area contributed by atoms with Crippen LogP contribution in [0, 0.1) is 10.1 Å². The Bertz CT molecular complexity index is 538. The molecule has 1 saturated heterocycles. The van der Waals surface area contributed by atoms with Gasteiger partial charge in [-0.05, 0) is 31.9 Å². The summed E-state index contributed by atoms with van der Waals surface area (Å²) in [5.74, 6) is -0.529. The number of phenols is 1. The molecule has 20 heavy (non-hydrogen) atoms. The summed E-state index contributed by atoms with van der Waals surface area (Å²) in [4.78, 5) is 22.3. The Morgan fingerprint density at radius 2 is 2.35 bits per heavy atom. The van der Waals surface area contributed by atoms with Crippen molar-refractivity contribution in [2.75, 3.05) is 11.9 Å². The number of phenolic OH excluding ortho intramolecular Hbond substituents is 1. The van der Waals surface area contributed by atoms with E-state index in [9.17, 15) is 20.0 Å². The molecule has 0 bridgehead atoms. The molecule has 1 amide bonds. The Kier molecular flexibility index (Phi) is 3.89. The summed E-state index contributed by atoms with van der Waals surface area (Å²) in [6.45, 7) is 2.71. The third kappa shape index (κ3) is 2.57. The first kappa shape index (κ1) is 14.3. The van der Waals surface area contributed by atoms with Crippen LogP contribution in [0.2, 0.25) is 0 Å². The van der Waals surface area contributed by atoms with E-state index in [1.165, 1.54) is 12.1 Å². The Morgan fingerprint density at radius 1 is 1.60 bits per heavy atom. The molecule has 2 rings (SSSR count). The van der Waals surface area contributed by atoms with Crippen LogP contribution in [0.4, 0.5) is 11.4 Å². The minimum absolute atomic E-state index is 0.183. The first-order chi connectivity index (χ1) is 9.48. The normalized spacial score (nSPS) is 21.6. The molecule has 1 aromatic carbocycles. The highest BCUT2D eigenvalue weighted by Crippen LogP contribution is 2.30. The van der Waals surface area contributed by atoms with Crippen molar-refractivity contribution < 1.29 is 14.8 Å². The van der Waals surface area contributed by atoms with Crippen molar-refractivity contribution in [1.82, 2.24) is 5.32 Å². The second kappa shape index (κ2) is 5.46. The number of carbonyl (C=O) groups excluding carboxylic acids is 1. The monoisotopic (exact) mass is 279 g/mol. The summed E-state index contributed by atoms with van der Waals surface area (Å²) in [7, 11) is 0. The van der Waals surface area contributed by atoms with E-state index in [0.29, 0.717) is 6.42 Å². The molecule has 0 aliphatic carbocycles. The standard InChI is InChI=1S/C13H17N3O4/c1-2-13(6-3-7-14-13)12(18)15-10-5-4-9(16(19)20)8-11(10)17/h4-5,8,14,17H,2-3,6-7H2,1H3,(H,15,18). The Labute approximate surface area is 116 Å². The second-order valence-electron chi connectivity index (χ2n) is 4.88. The molecule has 7 heteroatoms. The molecule has 3 N–H and O–H groups in total. The third-order valence-corrected chi connectivity index (χ3v) is 3.72. The van der Waals surface area contributed by atoms with Crippen LogP contribution in [0.1, 0.15) is 26.2 Å². The zero-order valence-corrected chi connectivity index (χ0v) is 11.2. The number of anilines is 1. The van der Waals surface area contributed by atoms with E-state index in [0.717, 1.165) is 25.5 Å². The van der Waals surface area contributed by atoms with Crippen molar-refractivity contribution in [1.29, 1.82) is 0 Å². The average molecular weight is 279 g/mol. The van der Waals surface area contributed by atoms with Gasteiger partial charge in [0.1, 0.15) is 5.75 Å². The minimum Gasteiger partial charge on any atom is -0.506 e. The van der Waals surface area contributed by atoms with Crippen molar-refractivity contribution >= 4 is 17.3 Å². The van der Waals surface area contributed by atoms with Gasteiger partial charge in [-0.1, -0.05) is 6.92 Å². The highest BCUT2D eigenvalue weighted by atomic mass is 16.6. The first-order valence-corrected chi connectivity index (χ1v) is 6.52. The van der Waals surface area contributed by atoms with E-state index in [1.54, 1.807) is 0 Å². The lowest BCUT2D eigenvalue weighted by Crippen LogP contribution is -2.50. The van der Waals surface area contributed by atoms with E-state index >= 15 is 0 Å². The molecular weight excluding hydrogens is 262 g/mol. The lowest BCUT2D eigenvalue weighted by molar-refractivity contribution is -0.384. The van der Waals surface area contributed by atoms with E-state index in [1.807, 2.05) is 6.92 Å². The molecule has 1 unspecified atom stereocenters. The number of nitro groups is 1. The molecule has 0 radical (unpaired) electrons. The molecule has 1 aliphatic rings. The zero-order valence-electron chi connectivity index (χ0n) is 11.2. The zero-order chi connectivity index (χ0) is 14.8. The average Bonchev–Trinajstić information content (AvgIpc) is 2.90. The maximum atomic E-state index is 12.3. The molecule has 0 aromatic heterocycles. The summed E-state index contributed by atoms with van der Waals surface area (Å²) in [5.41, 5.74) is -0.652. The molecule has 108 valence electrons. The highest BCUT2D eigenvalue weighted by molar-refractivity contribution is 5.99. The number of nitrogens with zero attached hydrogens (tertiary/aromatic N) is 1. The van der Waals surface area contributed by atoms with Crippen molar-refractivity contribution in [3.05, 3.63) is 28.3 Å². The van der Waals surface area contributed by atoms with Gasteiger partial charge in [0.25, 0.3) is 5.69 Å². The molecule has 1 fully saturated rings. The number of hydrogen-bond donors (Lipinski definition) is 3. The largest absolute Gasteiger partial charge is 0.506 e. The predicted octanol–water partition coefficient (Wildman–Crippen LogP) is 1.77. The van der Waals surface area contributed by atoms with Crippen molar-refractivity contribution in [3.8, 4) is 5.75 Å². The number of nitro benzene ring substituents is 1. The van der Waals surface area contributed by atoms with Crippen molar-refractivity contribution in [2.45, 2.75) is 31.7 Å². The van der Waals surface area contributed by atoms with Crippen LogP contribution in [0.25, 0.3) is 0 Å². The van der Waals surface area contributed by atoms with Gasteiger partial charge in [-0.3, -0.25) is 14.9 Å². The quantitative estimate of drug-likeness (QED) is 0.442. The summed E-state index contributed by atoms with van der Waals surface area (Å²) in [6, 6.07) is 3.61. The molecule has 1 aromatic rings. The molecule has 0 spiro atoms. The number of non-ortho nitro benzene ring substituents is 1. The lowest BCUT2D eigenvalue weighted by atomic mass is 9.93. The van der Waals surface area contributed by atoms with Gasteiger partial charge >= 0.3 is 0 Å². The fraction of sp³-hybridized carbons (Fsp3) is 0.462. The molecule has 1 atom stereocenters. The highest BCUT2D eigenvalue weighted by Gasteiger charge is 2.39. The van der Waals surface area contributed by atoms with Gasteiger partial charge in [0.05, 0.1) is 22.2 Å². The fourth-order valence-electron chi connectivity index (χ4n) is 2.44. The van der Waals surface area contributed by atoms with Crippen molar-refractivity contribution in [2.24, 2.45) is 0 Å². The maximum absolute atomic E-state index is 12.3. The smallest absolute Gasteiger partial charge is 0.273 e. The maximum Gasteiger partial charge on any atom is 0.273 e. The minimum atomic E-state index is -0.617. The Balaban J connectivity index is 2.17. The summed E-state index contributed by atoms with van der Waals surface area (Å²) in [5, 5.41) is 26.2. The number of benzene rings is 1. The van der Waals surface area contributed by atoms with Crippen LogP contribution < -0.4 is 10.6 Å². The van der Waals surface area contributed by atoms with E-state index < -0.39 is 10.5 Å². The summed E-state index contributed by atoms with van der Waals surface area (Å²) in [6.07, 6.45) is 2.31. The number of rotatable bonds is 4. The van der Waals surface area contributed by atoms with Crippen LogP contribution in [0.5, 0.6) is 5.75 Å². The number of hydrogen-bond acceptors (Lipinski definition) is 5. The van der Waals surface area contributed by atoms with Crippen LogP contribution in [-0.4, -0.2) is 28.0 Å². The number of nitrogens with one attached hydrogen (secondary N) is 2. The first-order valence-electron chi connectivity index (χ1n) is 6.52. The van der Waals surface area contributed by atoms with Gasteiger partial charge in [-0.2, -0.15) is 0 Å². The van der Waals surface area contributed by atoms with Gasteiger partial charge in [-0.25, -0.2) is 0 Å². The van der Waals surface area contributed by atoms with Gasteiger partial charge in [0, 0.05) is 6.07 Å². The van der Waals surface area contributed by atoms with Gasteiger partial charge in [0.15, 0.2) is 0 Å². The van der Waals surface area contributed by atoms with E-state index in [4.69, 9.17) is 0 Å².